The maximum Gasteiger partial charge on any atom is 0.261 e. The van der Waals surface area contributed by atoms with Gasteiger partial charge in [0.25, 0.3) is 17.0 Å². The Morgan fingerprint density at radius 3 is 2.38 bits per heavy atom. The number of amides is 2. The van der Waals surface area contributed by atoms with Crippen LogP contribution >= 0.6 is 12.2 Å². The van der Waals surface area contributed by atoms with Gasteiger partial charge in [-0.1, -0.05) is 24.3 Å². The van der Waals surface area contributed by atoms with Crippen LogP contribution in [0.1, 0.15) is 26.3 Å². The molecule has 0 saturated heterocycles. The highest BCUT2D eigenvalue weighted by molar-refractivity contribution is 7.80. The van der Waals surface area contributed by atoms with Crippen LogP contribution < -0.4 is 5.32 Å². The zero-order chi connectivity index (χ0) is 17.1. The van der Waals surface area contributed by atoms with E-state index in [4.69, 9.17) is 17.0 Å². The Hall–Kier alpha value is -2.73. The molecule has 1 N–H and O–H groups in total. The molecule has 2 aromatic rings. The minimum atomic E-state index is -0.295. The van der Waals surface area contributed by atoms with Crippen LogP contribution in [0.15, 0.2) is 48.5 Å². The summed E-state index contributed by atoms with van der Waals surface area (Å²) in [5, 5.41) is 3.17. The molecule has 2 amide bonds. The van der Waals surface area contributed by atoms with Gasteiger partial charge in [-0.2, -0.15) is 0 Å². The summed E-state index contributed by atoms with van der Waals surface area (Å²) in [7, 11) is 0. The summed E-state index contributed by atoms with van der Waals surface area (Å²) in [5.41, 5.74) is 2.81. The van der Waals surface area contributed by atoms with E-state index in [-0.39, 0.29) is 30.1 Å². The van der Waals surface area contributed by atoms with Gasteiger partial charge < -0.3 is 10.1 Å². The topological polar surface area (TPSA) is 58.6 Å². The van der Waals surface area contributed by atoms with Gasteiger partial charge in [-0.15, -0.1) is 0 Å². The van der Waals surface area contributed by atoms with Crippen molar-refractivity contribution in [2.24, 2.45) is 0 Å². The molecule has 0 radical (unpaired) electrons. The van der Waals surface area contributed by atoms with Crippen molar-refractivity contribution >= 4 is 34.9 Å². The van der Waals surface area contributed by atoms with Crippen molar-refractivity contribution in [3.8, 4) is 0 Å². The third kappa shape index (κ3) is 3.28. The number of benzene rings is 2. The highest BCUT2D eigenvalue weighted by atomic mass is 32.1. The lowest BCUT2D eigenvalue weighted by Crippen LogP contribution is -2.33. The van der Waals surface area contributed by atoms with Gasteiger partial charge in [0.05, 0.1) is 17.7 Å². The molecule has 6 heteroatoms. The van der Waals surface area contributed by atoms with Gasteiger partial charge in [-0.05, 0) is 49.0 Å². The molecule has 0 fully saturated rings. The van der Waals surface area contributed by atoms with E-state index < -0.39 is 0 Å². The van der Waals surface area contributed by atoms with Crippen molar-refractivity contribution in [2.45, 2.75) is 6.92 Å². The molecular formula is C18H16N2O3S. The van der Waals surface area contributed by atoms with Gasteiger partial charge in [0.1, 0.15) is 6.61 Å². The number of thiocarbonyl (C=S) groups is 1. The Kier molecular flexibility index (Phi) is 4.57. The van der Waals surface area contributed by atoms with E-state index in [0.29, 0.717) is 11.1 Å². The number of rotatable bonds is 4. The van der Waals surface area contributed by atoms with Crippen LogP contribution in [0, 0.1) is 6.92 Å². The molecule has 0 saturated carbocycles. The fourth-order valence-corrected chi connectivity index (χ4v) is 2.75. The first-order chi connectivity index (χ1) is 11.6. The molecule has 1 heterocycles. The maximum atomic E-state index is 12.2. The van der Waals surface area contributed by atoms with Gasteiger partial charge >= 0.3 is 0 Å². The smallest absolute Gasteiger partial charge is 0.261 e. The number of carbonyl (C=O) groups excluding carboxylic acids is 2. The van der Waals surface area contributed by atoms with Crippen molar-refractivity contribution in [2.75, 3.05) is 18.5 Å². The average Bonchev–Trinajstić information content (AvgIpc) is 2.80. The number of carbonyl (C=O) groups is 2. The zero-order valence-electron chi connectivity index (χ0n) is 13.1. The van der Waals surface area contributed by atoms with Gasteiger partial charge in [0, 0.05) is 5.69 Å². The van der Waals surface area contributed by atoms with Crippen LogP contribution in [0.2, 0.25) is 0 Å². The molecular weight excluding hydrogens is 324 g/mol. The standard InChI is InChI=1S/C18H16N2O3S/c1-12-5-4-6-13(11-12)19-18(24)23-10-9-20-16(21)14-7-2-3-8-15(14)17(20)22/h2-8,11H,9-10H2,1H3,(H,19,24). The molecule has 122 valence electrons. The highest BCUT2D eigenvalue weighted by Crippen LogP contribution is 2.21. The molecule has 0 spiro atoms. The lowest BCUT2D eigenvalue weighted by atomic mass is 10.1. The highest BCUT2D eigenvalue weighted by Gasteiger charge is 2.34. The molecule has 0 aromatic heterocycles. The number of anilines is 1. The molecule has 5 nitrogen and oxygen atoms in total. The Bertz CT molecular complexity index is 784. The lowest BCUT2D eigenvalue weighted by molar-refractivity contribution is 0.0629. The van der Waals surface area contributed by atoms with Gasteiger partial charge in [0.2, 0.25) is 0 Å². The summed E-state index contributed by atoms with van der Waals surface area (Å²) < 4.78 is 5.42. The number of nitrogens with one attached hydrogen (secondary N) is 1. The summed E-state index contributed by atoms with van der Waals surface area (Å²) >= 11 is 5.13. The molecule has 1 aliphatic heterocycles. The van der Waals surface area contributed by atoms with E-state index in [1.807, 2.05) is 31.2 Å². The SMILES string of the molecule is Cc1cccc(NC(=S)OCCN2C(=O)c3ccccc3C2=O)c1. The molecule has 0 atom stereocenters. The largest absolute Gasteiger partial charge is 0.469 e. The number of nitrogens with zero attached hydrogens (tertiary/aromatic N) is 1. The van der Waals surface area contributed by atoms with Crippen molar-refractivity contribution in [3.05, 3.63) is 65.2 Å². The van der Waals surface area contributed by atoms with Crippen LogP contribution in [0.25, 0.3) is 0 Å². The first-order valence-corrected chi connectivity index (χ1v) is 7.93. The fourth-order valence-electron chi connectivity index (χ4n) is 2.55. The van der Waals surface area contributed by atoms with E-state index in [1.165, 1.54) is 4.90 Å². The third-order valence-corrected chi connectivity index (χ3v) is 3.91. The number of imide groups is 1. The second kappa shape index (κ2) is 6.80. The zero-order valence-corrected chi connectivity index (χ0v) is 13.9. The second-order valence-corrected chi connectivity index (χ2v) is 5.81. The number of ether oxygens (including phenoxy) is 1. The minimum absolute atomic E-state index is 0.142. The number of hydrogen-bond donors (Lipinski definition) is 1. The van der Waals surface area contributed by atoms with E-state index in [0.717, 1.165) is 11.3 Å². The van der Waals surface area contributed by atoms with Gasteiger partial charge in [-0.3, -0.25) is 14.5 Å². The number of hydrogen-bond acceptors (Lipinski definition) is 4. The van der Waals surface area contributed by atoms with Crippen molar-refractivity contribution < 1.29 is 14.3 Å². The van der Waals surface area contributed by atoms with Crippen molar-refractivity contribution in [3.63, 3.8) is 0 Å². The van der Waals surface area contributed by atoms with Crippen molar-refractivity contribution in [1.82, 2.24) is 4.90 Å². The van der Waals surface area contributed by atoms with Crippen LogP contribution in [-0.4, -0.2) is 35.0 Å². The second-order valence-electron chi connectivity index (χ2n) is 5.44. The molecule has 1 aliphatic rings. The monoisotopic (exact) mass is 340 g/mol. The third-order valence-electron chi connectivity index (χ3n) is 3.69. The Morgan fingerprint density at radius 1 is 1.08 bits per heavy atom. The van der Waals surface area contributed by atoms with E-state index in [9.17, 15) is 9.59 Å². The Labute approximate surface area is 145 Å². The van der Waals surface area contributed by atoms with Crippen molar-refractivity contribution in [1.29, 1.82) is 0 Å². The Morgan fingerprint density at radius 2 is 1.75 bits per heavy atom. The van der Waals surface area contributed by atoms with Crippen LogP contribution in [0.5, 0.6) is 0 Å². The normalized spacial score (nSPS) is 13.0. The maximum absolute atomic E-state index is 12.2. The molecule has 2 aromatic carbocycles. The number of aryl methyl sites for hydroxylation is 1. The summed E-state index contributed by atoms with van der Waals surface area (Å²) in [6.07, 6.45) is 0. The predicted octanol–water partition coefficient (Wildman–Crippen LogP) is 3.00. The van der Waals surface area contributed by atoms with E-state index in [2.05, 4.69) is 5.32 Å². The quantitative estimate of drug-likeness (QED) is 0.685. The molecule has 24 heavy (non-hydrogen) atoms. The average molecular weight is 340 g/mol. The molecule has 3 rings (SSSR count). The van der Waals surface area contributed by atoms with Gasteiger partial charge in [0.15, 0.2) is 0 Å². The fraction of sp³-hybridized carbons (Fsp3) is 0.167. The van der Waals surface area contributed by atoms with E-state index in [1.54, 1.807) is 24.3 Å². The van der Waals surface area contributed by atoms with Crippen LogP contribution in [0.3, 0.4) is 0 Å². The first kappa shape index (κ1) is 16.1. The Balaban J connectivity index is 1.53. The van der Waals surface area contributed by atoms with E-state index >= 15 is 0 Å². The number of fused-ring (bicyclic) bond motifs is 1. The lowest BCUT2D eigenvalue weighted by Gasteiger charge is -2.15. The molecule has 0 aliphatic carbocycles. The summed E-state index contributed by atoms with van der Waals surface area (Å²) in [6.45, 7) is 2.28. The van der Waals surface area contributed by atoms with Gasteiger partial charge in [-0.25, -0.2) is 0 Å². The van der Waals surface area contributed by atoms with Crippen LogP contribution in [-0.2, 0) is 4.74 Å². The van der Waals surface area contributed by atoms with Crippen LogP contribution in [0.4, 0.5) is 5.69 Å². The molecule has 0 unspecified atom stereocenters. The summed E-state index contributed by atoms with van der Waals surface area (Å²) in [6, 6.07) is 14.5. The summed E-state index contributed by atoms with van der Waals surface area (Å²) in [5.74, 6) is -0.589. The molecule has 0 bridgehead atoms. The first-order valence-electron chi connectivity index (χ1n) is 7.52. The predicted molar refractivity (Wildman–Crippen MR) is 95.2 cm³/mol. The minimum Gasteiger partial charge on any atom is -0.469 e. The summed E-state index contributed by atoms with van der Waals surface area (Å²) in [4.78, 5) is 25.6.